The highest BCUT2D eigenvalue weighted by atomic mass is 15.2. The highest BCUT2D eigenvalue weighted by Gasteiger charge is 2.46. The molecule has 16 rings (SSSR count). The Morgan fingerprint density at radius 3 is 1.09 bits per heavy atom. The molecule has 0 fully saturated rings. The lowest BCUT2D eigenvalue weighted by Gasteiger charge is -2.46. The molecule has 2 aliphatic heterocycles. The summed E-state index contributed by atoms with van der Waals surface area (Å²) in [6, 6.07) is 108. The zero-order valence-corrected chi connectivity index (χ0v) is 63.6. The van der Waals surface area contributed by atoms with Crippen molar-refractivity contribution in [2.24, 2.45) is 0 Å². The molecule has 0 spiro atoms. The third kappa shape index (κ3) is 11.9. The number of fused-ring (bicyclic) bond motifs is 7. The molecule has 14 aromatic rings. The number of rotatable bonds is 11. The van der Waals surface area contributed by atoms with Crippen molar-refractivity contribution in [1.82, 2.24) is 4.57 Å². The lowest BCUT2D eigenvalue weighted by molar-refractivity contribution is 0.569. The highest BCUT2D eigenvalue weighted by molar-refractivity contribution is 7.00. The Balaban J connectivity index is 1.11. The smallest absolute Gasteiger partial charge is 0.252 e. The van der Waals surface area contributed by atoms with E-state index in [1.807, 2.05) is 0 Å². The second-order valence-electron chi connectivity index (χ2n) is 34.2. The van der Waals surface area contributed by atoms with Gasteiger partial charge in [0.2, 0.25) is 0 Å². The van der Waals surface area contributed by atoms with Crippen LogP contribution in [0.5, 0.6) is 0 Å². The van der Waals surface area contributed by atoms with Crippen LogP contribution in [0.4, 0.5) is 34.1 Å². The Morgan fingerprint density at radius 2 is 0.683 bits per heavy atom. The van der Waals surface area contributed by atoms with Crippen molar-refractivity contribution in [1.29, 1.82) is 0 Å². The number of para-hydroxylation sites is 2. The summed E-state index contributed by atoms with van der Waals surface area (Å²) in [5.74, 6) is 0.576. The van der Waals surface area contributed by atoms with E-state index in [1.54, 1.807) is 0 Å². The van der Waals surface area contributed by atoms with Crippen LogP contribution in [0.1, 0.15) is 156 Å². The third-order valence-corrected chi connectivity index (χ3v) is 22.3. The minimum atomic E-state index is -0.233. The molecule has 1 aromatic heterocycles. The fraction of sp³-hybridized carbons (Fsp3) is 0.220. The van der Waals surface area contributed by atoms with E-state index in [2.05, 4.69) is 404 Å². The summed E-state index contributed by atoms with van der Waals surface area (Å²) >= 11 is 0. The fourth-order valence-corrected chi connectivity index (χ4v) is 16.5. The first kappa shape index (κ1) is 67.8. The second kappa shape index (κ2) is 25.6. The summed E-state index contributed by atoms with van der Waals surface area (Å²) in [7, 11) is 0. The van der Waals surface area contributed by atoms with Crippen LogP contribution in [-0.2, 0) is 21.7 Å². The van der Waals surface area contributed by atoms with Gasteiger partial charge in [-0.15, -0.1) is 0 Å². The molecule has 3 heterocycles. The van der Waals surface area contributed by atoms with Crippen LogP contribution in [0.15, 0.2) is 279 Å². The summed E-state index contributed by atoms with van der Waals surface area (Å²) in [5, 5.41) is 2.53. The molecule has 0 amide bonds. The van der Waals surface area contributed by atoms with E-state index >= 15 is 0 Å². The van der Waals surface area contributed by atoms with E-state index < -0.39 is 0 Å². The van der Waals surface area contributed by atoms with Crippen LogP contribution in [0, 0.1) is 0 Å². The van der Waals surface area contributed by atoms with Crippen molar-refractivity contribution in [2.45, 2.75) is 144 Å². The van der Waals surface area contributed by atoms with E-state index in [9.17, 15) is 0 Å². The van der Waals surface area contributed by atoms with Gasteiger partial charge in [-0.3, -0.25) is 0 Å². The highest BCUT2D eigenvalue weighted by Crippen LogP contribution is 2.55. The van der Waals surface area contributed by atoms with Gasteiger partial charge in [-0.25, -0.2) is 0 Å². The summed E-state index contributed by atoms with van der Waals surface area (Å²) in [6.07, 6.45) is 0. The van der Waals surface area contributed by atoms with Crippen LogP contribution in [0.2, 0.25) is 0 Å². The molecule has 4 heteroatoms. The minimum Gasteiger partial charge on any atom is -0.310 e. The topological polar surface area (TPSA) is 11.4 Å². The molecule has 2 aliphatic rings. The van der Waals surface area contributed by atoms with Crippen molar-refractivity contribution < 1.29 is 0 Å². The summed E-state index contributed by atoms with van der Waals surface area (Å²) in [6.45, 7) is 37.3. The number of hydrogen-bond acceptors (Lipinski definition) is 2. The summed E-state index contributed by atoms with van der Waals surface area (Å²) in [4.78, 5) is 5.46. The molecule has 0 unspecified atom stereocenters. The van der Waals surface area contributed by atoms with Crippen molar-refractivity contribution in [3.8, 4) is 72.4 Å². The first-order chi connectivity index (χ1) is 49.8. The minimum absolute atomic E-state index is 0.0537. The van der Waals surface area contributed by atoms with Crippen LogP contribution < -0.4 is 26.2 Å². The Labute approximate surface area is 618 Å². The SMILES string of the molecule is CC(C)c1ccc(-c2cc3c4c(c2)N(c2c(-c5ccccc5)cccc2-c2ccccc2)c2cc(-n5c6ccc(C(C)(C)C)cc6c6cc(C(C)(C)C)ccc65)ccc2B4c2ccc(-c4cc(C(C)(C)C)cc(C(C)(C)C)c4)cc2N3c2c(-c3ccccc3)cccc2-c2ccccc2)c(C(C)C)c1. The average Bonchev–Trinajstić information content (AvgIpc) is 0.716. The van der Waals surface area contributed by atoms with E-state index in [-0.39, 0.29) is 34.3 Å². The zero-order valence-electron chi connectivity index (χ0n) is 63.6. The van der Waals surface area contributed by atoms with Crippen molar-refractivity contribution >= 4 is 79.0 Å². The number of hydrogen-bond donors (Lipinski definition) is 0. The van der Waals surface area contributed by atoms with Gasteiger partial charge in [0.15, 0.2) is 0 Å². The molecule has 0 bridgehead atoms. The Bertz CT molecular complexity index is 5430. The molecule has 0 saturated carbocycles. The maximum atomic E-state index is 2.73. The zero-order chi connectivity index (χ0) is 72.5. The quantitative estimate of drug-likeness (QED) is 0.120. The molecular formula is C100H96BN3. The molecule has 0 atom stereocenters. The molecule has 0 N–H and O–H groups in total. The van der Waals surface area contributed by atoms with Gasteiger partial charge in [0, 0.05) is 61.5 Å². The lowest BCUT2D eigenvalue weighted by Crippen LogP contribution is -2.61. The Morgan fingerprint density at radius 1 is 0.279 bits per heavy atom. The van der Waals surface area contributed by atoms with Gasteiger partial charge in [-0.2, -0.15) is 0 Å². The van der Waals surface area contributed by atoms with Crippen LogP contribution in [-0.4, -0.2) is 11.3 Å². The van der Waals surface area contributed by atoms with Gasteiger partial charge in [0.05, 0.1) is 22.4 Å². The van der Waals surface area contributed by atoms with Gasteiger partial charge < -0.3 is 14.4 Å². The number of aromatic nitrogens is 1. The summed E-state index contributed by atoms with van der Waals surface area (Å²) < 4.78 is 2.57. The fourth-order valence-electron chi connectivity index (χ4n) is 16.5. The van der Waals surface area contributed by atoms with E-state index in [0.717, 1.165) is 84.3 Å². The van der Waals surface area contributed by atoms with Crippen LogP contribution in [0.25, 0.3) is 94.3 Å². The first-order valence-corrected chi connectivity index (χ1v) is 37.7. The van der Waals surface area contributed by atoms with Gasteiger partial charge in [0.25, 0.3) is 6.71 Å². The lowest BCUT2D eigenvalue weighted by atomic mass is 9.33. The Hall–Kier alpha value is -10.7. The predicted molar refractivity (Wildman–Crippen MR) is 450 cm³/mol. The maximum Gasteiger partial charge on any atom is 0.252 e. The average molecular weight is 1350 g/mol. The molecule has 514 valence electrons. The van der Waals surface area contributed by atoms with E-state index in [1.165, 1.54) is 93.8 Å². The summed E-state index contributed by atoms with van der Waals surface area (Å²) in [5.41, 5.74) is 35.8. The maximum absolute atomic E-state index is 2.73. The molecule has 104 heavy (non-hydrogen) atoms. The third-order valence-electron chi connectivity index (χ3n) is 22.3. The van der Waals surface area contributed by atoms with Crippen molar-refractivity contribution in [2.75, 3.05) is 9.80 Å². The van der Waals surface area contributed by atoms with Gasteiger partial charge in [0.1, 0.15) is 0 Å². The molecular weight excluding hydrogens is 1250 g/mol. The van der Waals surface area contributed by atoms with Crippen molar-refractivity contribution in [3.05, 3.63) is 312 Å². The largest absolute Gasteiger partial charge is 0.310 e. The van der Waals surface area contributed by atoms with E-state index in [4.69, 9.17) is 0 Å². The molecule has 0 aliphatic carbocycles. The monoisotopic (exact) mass is 1350 g/mol. The molecule has 0 saturated heterocycles. The second-order valence-corrected chi connectivity index (χ2v) is 34.2. The number of anilines is 6. The van der Waals surface area contributed by atoms with Crippen molar-refractivity contribution in [3.63, 3.8) is 0 Å². The van der Waals surface area contributed by atoms with Crippen LogP contribution >= 0.6 is 0 Å². The molecule has 3 nitrogen and oxygen atoms in total. The predicted octanol–water partition coefficient (Wildman–Crippen LogP) is 26.3. The van der Waals surface area contributed by atoms with Crippen LogP contribution in [0.3, 0.4) is 0 Å². The van der Waals surface area contributed by atoms with Gasteiger partial charge in [-0.1, -0.05) is 335 Å². The normalized spacial score (nSPS) is 13.1. The molecule has 13 aromatic carbocycles. The van der Waals surface area contributed by atoms with E-state index in [0.29, 0.717) is 5.92 Å². The number of benzene rings is 13. The standard InChI is InChI=1S/C100H96BN3/c1-63(2)69-43-48-78(83(55-69)64(3)4)72-57-92-94-93(58-72)104(96-81(67-35-25-19-26-36-67)41-30-42-82(96)68-37-27-20-28-38-68)91-62-77(102-88-51-45-73(97(5,6)7)60-84(88)85-61-74(98(8,9)10)46-52-89(85)102)47-50-87(91)101(94)86-49-44-70(71-53-75(99(11,12)13)59-76(54-71)100(14,15)16)56-90(86)103(92)95-79(65-31-21-17-22-32-65)39-29-40-80(95)66-33-23-18-24-34-66/h17-64H,1-16H3. The number of nitrogens with zero attached hydrogens (tertiary/aromatic N) is 3. The first-order valence-electron chi connectivity index (χ1n) is 37.7. The van der Waals surface area contributed by atoms with Gasteiger partial charge in [-0.05, 0) is 182 Å². The Kier molecular flexibility index (Phi) is 16.7. The van der Waals surface area contributed by atoms with Gasteiger partial charge >= 0.3 is 0 Å². The molecule has 0 radical (unpaired) electrons.